The quantitative estimate of drug-likeness (QED) is 0.818. The van der Waals surface area contributed by atoms with Crippen molar-refractivity contribution >= 4 is 28.7 Å². The highest BCUT2D eigenvalue weighted by Gasteiger charge is 2.03. The van der Waals surface area contributed by atoms with Crippen molar-refractivity contribution in [2.75, 3.05) is 5.32 Å². The SMILES string of the molecule is CCCc1ccccc1Nc1ccc(C(N)=S)cn1. The topological polar surface area (TPSA) is 50.9 Å². The molecule has 0 bridgehead atoms. The van der Waals surface area contributed by atoms with Crippen molar-refractivity contribution in [2.45, 2.75) is 19.8 Å². The van der Waals surface area contributed by atoms with E-state index in [1.54, 1.807) is 6.20 Å². The fourth-order valence-electron chi connectivity index (χ4n) is 1.88. The molecular weight excluding hydrogens is 254 g/mol. The Morgan fingerprint density at radius 1 is 1.26 bits per heavy atom. The molecule has 3 nitrogen and oxygen atoms in total. The van der Waals surface area contributed by atoms with Gasteiger partial charge in [0.1, 0.15) is 10.8 Å². The molecular formula is C15H17N3S. The van der Waals surface area contributed by atoms with Crippen molar-refractivity contribution in [3.05, 3.63) is 53.7 Å². The van der Waals surface area contributed by atoms with Crippen molar-refractivity contribution in [1.82, 2.24) is 4.98 Å². The zero-order chi connectivity index (χ0) is 13.7. The van der Waals surface area contributed by atoms with Gasteiger partial charge in [0.25, 0.3) is 0 Å². The summed E-state index contributed by atoms with van der Waals surface area (Å²) < 4.78 is 0. The first-order valence-electron chi connectivity index (χ1n) is 6.31. The number of nitrogens with two attached hydrogens (primary N) is 1. The zero-order valence-corrected chi connectivity index (χ0v) is 11.7. The Hall–Kier alpha value is -1.94. The number of pyridine rings is 1. The summed E-state index contributed by atoms with van der Waals surface area (Å²) in [5.74, 6) is 0.795. The fraction of sp³-hybridized carbons (Fsp3) is 0.200. The number of hydrogen-bond acceptors (Lipinski definition) is 3. The van der Waals surface area contributed by atoms with E-state index in [2.05, 4.69) is 35.4 Å². The molecule has 2 rings (SSSR count). The Balaban J connectivity index is 2.19. The summed E-state index contributed by atoms with van der Waals surface area (Å²) in [5.41, 5.74) is 8.72. The van der Waals surface area contributed by atoms with E-state index >= 15 is 0 Å². The highest BCUT2D eigenvalue weighted by atomic mass is 32.1. The minimum Gasteiger partial charge on any atom is -0.389 e. The second-order valence-electron chi connectivity index (χ2n) is 4.33. The molecule has 3 N–H and O–H groups in total. The molecule has 98 valence electrons. The van der Waals surface area contributed by atoms with E-state index in [0.717, 1.165) is 29.9 Å². The van der Waals surface area contributed by atoms with E-state index in [1.807, 2.05) is 18.2 Å². The lowest BCUT2D eigenvalue weighted by molar-refractivity contribution is 0.923. The van der Waals surface area contributed by atoms with Crippen LogP contribution in [0.4, 0.5) is 11.5 Å². The average Bonchev–Trinajstić information content (AvgIpc) is 2.42. The van der Waals surface area contributed by atoms with E-state index in [0.29, 0.717) is 4.99 Å². The van der Waals surface area contributed by atoms with Gasteiger partial charge in [-0.15, -0.1) is 0 Å². The van der Waals surface area contributed by atoms with E-state index in [9.17, 15) is 0 Å². The first-order valence-corrected chi connectivity index (χ1v) is 6.72. The minimum atomic E-state index is 0.366. The summed E-state index contributed by atoms with van der Waals surface area (Å²) in [6.45, 7) is 2.17. The Morgan fingerprint density at radius 2 is 2.05 bits per heavy atom. The minimum absolute atomic E-state index is 0.366. The molecule has 0 fully saturated rings. The van der Waals surface area contributed by atoms with Crippen LogP contribution in [0.2, 0.25) is 0 Å². The van der Waals surface area contributed by atoms with Crippen LogP contribution in [0.25, 0.3) is 0 Å². The van der Waals surface area contributed by atoms with Crippen molar-refractivity contribution in [3.8, 4) is 0 Å². The maximum absolute atomic E-state index is 5.55. The molecule has 0 aliphatic heterocycles. The monoisotopic (exact) mass is 271 g/mol. The first kappa shape index (κ1) is 13.5. The molecule has 0 radical (unpaired) electrons. The number of anilines is 2. The number of nitrogens with zero attached hydrogens (tertiary/aromatic N) is 1. The predicted molar refractivity (Wildman–Crippen MR) is 83.8 cm³/mol. The van der Waals surface area contributed by atoms with Gasteiger partial charge in [-0.05, 0) is 30.2 Å². The van der Waals surface area contributed by atoms with Crippen LogP contribution < -0.4 is 11.1 Å². The van der Waals surface area contributed by atoms with Gasteiger partial charge >= 0.3 is 0 Å². The largest absolute Gasteiger partial charge is 0.389 e. The summed E-state index contributed by atoms with van der Waals surface area (Å²) in [6, 6.07) is 12.0. The van der Waals surface area contributed by atoms with Crippen molar-refractivity contribution < 1.29 is 0 Å². The third kappa shape index (κ3) is 3.51. The van der Waals surface area contributed by atoms with Crippen molar-refractivity contribution in [1.29, 1.82) is 0 Å². The molecule has 0 aliphatic rings. The number of benzene rings is 1. The van der Waals surface area contributed by atoms with Gasteiger partial charge in [0.05, 0.1) is 0 Å². The Morgan fingerprint density at radius 3 is 2.68 bits per heavy atom. The molecule has 19 heavy (non-hydrogen) atoms. The van der Waals surface area contributed by atoms with Gasteiger partial charge in [0, 0.05) is 17.4 Å². The number of nitrogens with one attached hydrogen (secondary N) is 1. The second-order valence-corrected chi connectivity index (χ2v) is 4.77. The number of thiocarbonyl (C=S) groups is 1. The molecule has 1 aromatic carbocycles. The lowest BCUT2D eigenvalue weighted by Gasteiger charge is -2.11. The van der Waals surface area contributed by atoms with Gasteiger partial charge in [-0.25, -0.2) is 4.98 Å². The summed E-state index contributed by atoms with van der Waals surface area (Å²) in [5, 5.41) is 3.33. The molecule has 0 unspecified atom stereocenters. The van der Waals surface area contributed by atoms with Crippen LogP contribution in [0.3, 0.4) is 0 Å². The smallest absolute Gasteiger partial charge is 0.130 e. The Kier molecular flexibility index (Phi) is 4.47. The van der Waals surface area contributed by atoms with Gasteiger partial charge in [0.15, 0.2) is 0 Å². The summed E-state index contributed by atoms with van der Waals surface area (Å²) in [4.78, 5) is 4.68. The van der Waals surface area contributed by atoms with Crippen LogP contribution in [-0.2, 0) is 6.42 Å². The summed E-state index contributed by atoms with van der Waals surface area (Å²) in [7, 11) is 0. The van der Waals surface area contributed by atoms with Gasteiger partial charge in [-0.1, -0.05) is 43.8 Å². The molecule has 0 saturated heterocycles. The van der Waals surface area contributed by atoms with Crippen LogP contribution in [-0.4, -0.2) is 9.97 Å². The van der Waals surface area contributed by atoms with Gasteiger partial charge in [-0.2, -0.15) is 0 Å². The maximum atomic E-state index is 5.55. The second kappa shape index (κ2) is 6.29. The number of para-hydroxylation sites is 1. The molecule has 0 aliphatic carbocycles. The number of aryl methyl sites for hydroxylation is 1. The molecule has 0 atom stereocenters. The lowest BCUT2D eigenvalue weighted by atomic mass is 10.1. The molecule has 4 heteroatoms. The summed E-state index contributed by atoms with van der Waals surface area (Å²) >= 11 is 4.91. The Bertz CT molecular complexity index is 564. The van der Waals surface area contributed by atoms with Gasteiger partial charge < -0.3 is 11.1 Å². The standard InChI is InChI=1S/C15H17N3S/c1-2-5-11-6-3-4-7-13(11)18-14-9-8-12(10-17-14)15(16)19/h3-4,6-10H,2,5H2,1H3,(H2,16,19)(H,17,18). The molecule has 1 aromatic heterocycles. The maximum Gasteiger partial charge on any atom is 0.130 e. The molecule has 0 spiro atoms. The highest BCUT2D eigenvalue weighted by Crippen LogP contribution is 2.20. The van der Waals surface area contributed by atoms with Crippen molar-refractivity contribution in [2.24, 2.45) is 5.73 Å². The van der Waals surface area contributed by atoms with E-state index in [1.165, 1.54) is 5.56 Å². The summed E-state index contributed by atoms with van der Waals surface area (Å²) in [6.07, 6.45) is 3.85. The normalized spacial score (nSPS) is 10.2. The van der Waals surface area contributed by atoms with Crippen LogP contribution in [0.1, 0.15) is 24.5 Å². The Labute approximate surface area is 118 Å². The molecule has 0 saturated carbocycles. The van der Waals surface area contributed by atoms with Crippen LogP contribution in [0.5, 0.6) is 0 Å². The lowest BCUT2D eigenvalue weighted by Crippen LogP contribution is -2.09. The third-order valence-corrected chi connectivity index (χ3v) is 3.08. The first-order chi connectivity index (χ1) is 9.20. The number of rotatable bonds is 5. The number of aromatic nitrogens is 1. The zero-order valence-electron chi connectivity index (χ0n) is 10.9. The van der Waals surface area contributed by atoms with Gasteiger partial charge in [0.2, 0.25) is 0 Å². The molecule has 0 amide bonds. The average molecular weight is 271 g/mol. The van der Waals surface area contributed by atoms with E-state index in [4.69, 9.17) is 18.0 Å². The van der Waals surface area contributed by atoms with Crippen molar-refractivity contribution in [3.63, 3.8) is 0 Å². The van der Waals surface area contributed by atoms with Crippen LogP contribution in [0.15, 0.2) is 42.6 Å². The van der Waals surface area contributed by atoms with E-state index < -0.39 is 0 Å². The highest BCUT2D eigenvalue weighted by molar-refractivity contribution is 7.80. The van der Waals surface area contributed by atoms with Crippen LogP contribution >= 0.6 is 12.2 Å². The van der Waals surface area contributed by atoms with Crippen LogP contribution in [0, 0.1) is 0 Å². The molecule has 2 aromatic rings. The predicted octanol–water partition coefficient (Wildman–Crippen LogP) is 3.41. The third-order valence-electron chi connectivity index (χ3n) is 2.85. The van der Waals surface area contributed by atoms with E-state index in [-0.39, 0.29) is 0 Å². The van der Waals surface area contributed by atoms with Gasteiger partial charge in [-0.3, -0.25) is 0 Å². The number of hydrogen-bond donors (Lipinski definition) is 2. The molecule has 1 heterocycles. The fourth-order valence-corrected chi connectivity index (χ4v) is 2.00.